The third kappa shape index (κ3) is 5.18. The van der Waals surface area contributed by atoms with Gasteiger partial charge in [0.2, 0.25) is 5.13 Å². The number of nitrogens with zero attached hydrogens (tertiary/aromatic N) is 2. The van der Waals surface area contributed by atoms with Crippen LogP contribution in [0.15, 0.2) is 77.7 Å². The van der Waals surface area contributed by atoms with E-state index in [2.05, 4.69) is 20.2 Å². The average Bonchev–Trinajstić information content (AvgIpc) is 3.28. The van der Waals surface area contributed by atoms with Crippen molar-refractivity contribution in [3.05, 3.63) is 83.9 Å². The monoisotopic (exact) mass is 480 g/mol. The molecule has 2 N–H and O–H groups in total. The quantitative estimate of drug-likeness (QED) is 0.401. The number of rotatable bonds is 7. The van der Waals surface area contributed by atoms with E-state index in [9.17, 15) is 13.2 Å². The van der Waals surface area contributed by atoms with Crippen LogP contribution in [-0.2, 0) is 10.0 Å². The van der Waals surface area contributed by atoms with E-state index in [0.29, 0.717) is 10.1 Å². The zero-order valence-corrected chi connectivity index (χ0v) is 19.4. The molecule has 0 fully saturated rings. The SMILES string of the molecule is COc1ccc(-c2nnc(NC(=O)c3ccccc3NS(=O)(=O)c3ccc(C)cc3)s2)cc1. The number of benzene rings is 3. The lowest BCUT2D eigenvalue weighted by Crippen LogP contribution is -2.18. The Morgan fingerprint density at radius 3 is 2.33 bits per heavy atom. The molecular weight excluding hydrogens is 460 g/mol. The third-order valence-electron chi connectivity index (χ3n) is 4.73. The Morgan fingerprint density at radius 2 is 1.64 bits per heavy atom. The van der Waals surface area contributed by atoms with Crippen molar-refractivity contribution in [2.75, 3.05) is 17.1 Å². The van der Waals surface area contributed by atoms with Gasteiger partial charge in [0.05, 0.1) is 23.3 Å². The molecule has 0 bridgehead atoms. The molecule has 168 valence electrons. The second-order valence-corrected chi connectivity index (χ2v) is 9.72. The second-order valence-electron chi connectivity index (χ2n) is 7.06. The van der Waals surface area contributed by atoms with Crippen molar-refractivity contribution in [2.45, 2.75) is 11.8 Å². The van der Waals surface area contributed by atoms with E-state index >= 15 is 0 Å². The second kappa shape index (κ2) is 9.39. The van der Waals surface area contributed by atoms with E-state index in [4.69, 9.17) is 4.74 Å². The molecule has 0 atom stereocenters. The normalized spacial score (nSPS) is 11.1. The van der Waals surface area contributed by atoms with Gasteiger partial charge >= 0.3 is 0 Å². The first-order valence-corrected chi connectivity index (χ1v) is 12.1. The summed E-state index contributed by atoms with van der Waals surface area (Å²) in [5, 5.41) is 11.8. The van der Waals surface area contributed by atoms with E-state index in [0.717, 1.165) is 16.9 Å². The molecule has 8 nitrogen and oxygen atoms in total. The zero-order chi connectivity index (χ0) is 23.4. The summed E-state index contributed by atoms with van der Waals surface area (Å²) in [5.41, 5.74) is 2.10. The number of sulfonamides is 1. The fraction of sp³-hybridized carbons (Fsp3) is 0.0870. The Balaban J connectivity index is 1.53. The highest BCUT2D eigenvalue weighted by Gasteiger charge is 2.19. The molecule has 1 heterocycles. The van der Waals surface area contributed by atoms with Gasteiger partial charge in [-0.1, -0.05) is 41.2 Å². The van der Waals surface area contributed by atoms with Gasteiger partial charge in [0.1, 0.15) is 10.8 Å². The van der Waals surface area contributed by atoms with E-state index in [1.54, 1.807) is 31.4 Å². The Bertz CT molecular complexity index is 1380. The van der Waals surface area contributed by atoms with Crippen LogP contribution in [0.3, 0.4) is 0 Å². The van der Waals surface area contributed by atoms with Crippen molar-refractivity contribution in [1.82, 2.24) is 10.2 Å². The summed E-state index contributed by atoms with van der Waals surface area (Å²) in [6, 6.07) is 20.1. The molecule has 0 saturated carbocycles. The van der Waals surface area contributed by atoms with Gasteiger partial charge in [-0.05, 0) is 55.5 Å². The molecule has 1 amide bonds. The summed E-state index contributed by atoms with van der Waals surface area (Å²) >= 11 is 1.21. The summed E-state index contributed by atoms with van der Waals surface area (Å²) in [5.74, 6) is 0.219. The smallest absolute Gasteiger partial charge is 0.261 e. The molecule has 10 heteroatoms. The molecule has 33 heavy (non-hydrogen) atoms. The van der Waals surface area contributed by atoms with E-state index in [1.165, 1.54) is 35.6 Å². The lowest BCUT2D eigenvalue weighted by molar-refractivity contribution is 0.102. The fourth-order valence-electron chi connectivity index (χ4n) is 2.98. The summed E-state index contributed by atoms with van der Waals surface area (Å²) < 4.78 is 33.2. The molecule has 0 unspecified atom stereocenters. The Kier molecular flexibility index (Phi) is 6.38. The van der Waals surface area contributed by atoms with Crippen LogP contribution in [-0.4, -0.2) is 31.6 Å². The van der Waals surface area contributed by atoms with E-state index in [1.807, 2.05) is 31.2 Å². The molecule has 3 aromatic carbocycles. The zero-order valence-electron chi connectivity index (χ0n) is 17.8. The summed E-state index contributed by atoms with van der Waals surface area (Å²) in [6.07, 6.45) is 0. The number of ether oxygens (including phenoxy) is 1. The molecule has 0 spiro atoms. The topological polar surface area (TPSA) is 110 Å². The number of carbonyl (C=O) groups excluding carboxylic acids is 1. The molecule has 0 aliphatic rings. The highest BCUT2D eigenvalue weighted by molar-refractivity contribution is 7.92. The molecule has 0 aliphatic carbocycles. The van der Waals surface area contributed by atoms with Gasteiger partial charge in [-0.15, -0.1) is 10.2 Å². The van der Waals surface area contributed by atoms with Gasteiger partial charge in [-0.25, -0.2) is 8.42 Å². The number of hydrogen-bond donors (Lipinski definition) is 2. The van der Waals surface area contributed by atoms with Gasteiger partial charge in [0, 0.05) is 5.56 Å². The average molecular weight is 481 g/mol. The van der Waals surface area contributed by atoms with Crippen molar-refractivity contribution in [2.24, 2.45) is 0 Å². The third-order valence-corrected chi connectivity index (χ3v) is 7.00. The minimum atomic E-state index is -3.86. The highest BCUT2D eigenvalue weighted by atomic mass is 32.2. The van der Waals surface area contributed by atoms with Crippen LogP contribution in [0.4, 0.5) is 10.8 Å². The van der Waals surface area contributed by atoms with Crippen LogP contribution in [0.25, 0.3) is 10.6 Å². The number of hydrogen-bond acceptors (Lipinski definition) is 7. The number of aromatic nitrogens is 2. The number of anilines is 2. The minimum Gasteiger partial charge on any atom is -0.497 e. The first-order valence-electron chi connectivity index (χ1n) is 9.83. The van der Waals surface area contributed by atoms with E-state index < -0.39 is 15.9 Å². The minimum absolute atomic E-state index is 0.108. The summed E-state index contributed by atoms with van der Waals surface area (Å²) in [4.78, 5) is 13.0. The molecule has 4 rings (SSSR count). The Hall–Kier alpha value is -3.76. The molecule has 4 aromatic rings. The first kappa shape index (κ1) is 22.4. The van der Waals surface area contributed by atoms with Crippen LogP contribution in [0.5, 0.6) is 5.75 Å². The number of nitrogens with one attached hydrogen (secondary N) is 2. The summed E-state index contributed by atoms with van der Waals surface area (Å²) in [6.45, 7) is 1.87. The maximum atomic E-state index is 12.9. The fourth-order valence-corrected chi connectivity index (χ4v) is 4.80. The standard InChI is InChI=1S/C23H20N4O4S2/c1-15-7-13-18(14-8-15)33(29,30)27-20-6-4-3-5-19(20)21(28)24-23-26-25-22(32-23)16-9-11-17(31-2)12-10-16/h3-14,27H,1-2H3,(H,24,26,28). The number of aryl methyl sites for hydroxylation is 1. The lowest BCUT2D eigenvalue weighted by atomic mass is 10.2. The van der Waals surface area contributed by atoms with Gasteiger partial charge in [-0.2, -0.15) is 0 Å². The van der Waals surface area contributed by atoms with E-state index in [-0.39, 0.29) is 16.1 Å². The largest absolute Gasteiger partial charge is 0.497 e. The Morgan fingerprint density at radius 1 is 0.939 bits per heavy atom. The Labute approximate surface area is 195 Å². The molecule has 0 aliphatic heterocycles. The van der Waals surface area contributed by atoms with Crippen molar-refractivity contribution in [3.8, 4) is 16.3 Å². The molecule has 0 saturated heterocycles. The predicted octanol–water partition coefficient (Wildman–Crippen LogP) is 4.58. The van der Waals surface area contributed by atoms with Crippen LogP contribution in [0.1, 0.15) is 15.9 Å². The summed E-state index contributed by atoms with van der Waals surface area (Å²) in [7, 11) is -2.27. The van der Waals surface area contributed by atoms with Crippen LogP contribution in [0, 0.1) is 6.92 Å². The van der Waals surface area contributed by atoms with Gasteiger partial charge in [0.25, 0.3) is 15.9 Å². The van der Waals surface area contributed by atoms with Gasteiger partial charge < -0.3 is 4.74 Å². The molecule has 0 radical (unpaired) electrons. The maximum Gasteiger partial charge on any atom is 0.261 e. The highest BCUT2D eigenvalue weighted by Crippen LogP contribution is 2.29. The van der Waals surface area contributed by atoms with Crippen molar-refractivity contribution >= 4 is 38.1 Å². The molecule has 1 aromatic heterocycles. The van der Waals surface area contributed by atoms with Crippen LogP contribution >= 0.6 is 11.3 Å². The number of amides is 1. The number of carbonyl (C=O) groups is 1. The molecular formula is C23H20N4O4S2. The number of methoxy groups -OCH3 is 1. The van der Waals surface area contributed by atoms with Gasteiger partial charge in [-0.3, -0.25) is 14.8 Å². The van der Waals surface area contributed by atoms with Crippen molar-refractivity contribution in [3.63, 3.8) is 0 Å². The van der Waals surface area contributed by atoms with Crippen molar-refractivity contribution in [1.29, 1.82) is 0 Å². The maximum absolute atomic E-state index is 12.9. The van der Waals surface area contributed by atoms with Crippen LogP contribution in [0.2, 0.25) is 0 Å². The lowest BCUT2D eigenvalue weighted by Gasteiger charge is -2.12. The van der Waals surface area contributed by atoms with Gasteiger partial charge in [0.15, 0.2) is 0 Å². The number of para-hydroxylation sites is 1. The predicted molar refractivity (Wildman–Crippen MR) is 128 cm³/mol. The van der Waals surface area contributed by atoms with Crippen LogP contribution < -0.4 is 14.8 Å². The first-order chi connectivity index (χ1) is 15.9. The van der Waals surface area contributed by atoms with Crippen molar-refractivity contribution < 1.29 is 17.9 Å².